The Hall–Kier alpha value is -2.82. The van der Waals surface area contributed by atoms with Gasteiger partial charge in [0.05, 0.1) is 23.2 Å². The van der Waals surface area contributed by atoms with Crippen LogP contribution in [0.4, 0.5) is 19.3 Å². The summed E-state index contributed by atoms with van der Waals surface area (Å²) in [5.41, 5.74) is -0.0141. The first kappa shape index (κ1) is 28.7. The highest BCUT2D eigenvalue weighted by Gasteiger charge is 2.34. The number of thioether (sulfide) groups is 1. The molecule has 37 heavy (non-hydrogen) atoms. The zero-order valence-corrected chi connectivity index (χ0v) is 22.9. The van der Waals surface area contributed by atoms with E-state index in [0.717, 1.165) is 22.5 Å². The molecular weight excluding hydrogens is 542 g/mol. The van der Waals surface area contributed by atoms with Gasteiger partial charge in [-0.1, -0.05) is 48.5 Å². The Morgan fingerprint density at radius 3 is 2.43 bits per heavy atom. The SMILES string of the molecule is CCSC(=O)N(C)CCOc1ccccc1C(C)N(c1cc(F)ccc1F)S(=O)(=O)c1ccc(Cl)cc1. The molecular formula is C26H27ClF2N2O4S2. The molecule has 0 N–H and O–H groups in total. The van der Waals surface area contributed by atoms with E-state index in [2.05, 4.69) is 0 Å². The molecule has 0 radical (unpaired) electrons. The summed E-state index contributed by atoms with van der Waals surface area (Å²) >= 11 is 7.11. The van der Waals surface area contributed by atoms with E-state index in [0.29, 0.717) is 28.6 Å². The van der Waals surface area contributed by atoms with E-state index in [9.17, 15) is 22.0 Å². The summed E-state index contributed by atoms with van der Waals surface area (Å²) in [7, 11) is -2.71. The molecule has 0 aliphatic carbocycles. The molecule has 3 aromatic rings. The van der Waals surface area contributed by atoms with Gasteiger partial charge in [0.2, 0.25) is 0 Å². The van der Waals surface area contributed by atoms with Crippen molar-refractivity contribution in [3.63, 3.8) is 0 Å². The van der Waals surface area contributed by atoms with Crippen LogP contribution in [-0.4, -0.2) is 44.5 Å². The molecule has 0 bridgehead atoms. The maximum Gasteiger partial charge on any atom is 0.281 e. The lowest BCUT2D eigenvalue weighted by Crippen LogP contribution is -2.35. The van der Waals surface area contributed by atoms with Crippen LogP contribution in [0.1, 0.15) is 25.5 Å². The number of hydrogen-bond donors (Lipinski definition) is 0. The van der Waals surface area contributed by atoms with Crippen LogP contribution in [0.5, 0.6) is 5.75 Å². The molecule has 1 atom stereocenters. The molecule has 3 rings (SSSR count). The normalized spacial score (nSPS) is 12.2. The predicted octanol–water partition coefficient (Wildman–Crippen LogP) is 6.76. The molecule has 0 saturated carbocycles. The molecule has 0 aliphatic rings. The van der Waals surface area contributed by atoms with Crippen molar-refractivity contribution in [2.24, 2.45) is 0 Å². The van der Waals surface area contributed by atoms with Gasteiger partial charge in [0.25, 0.3) is 15.3 Å². The second-order valence-corrected chi connectivity index (χ2v) is 11.5. The summed E-state index contributed by atoms with van der Waals surface area (Å²) < 4.78 is 63.5. The highest BCUT2D eigenvalue weighted by molar-refractivity contribution is 8.13. The van der Waals surface area contributed by atoms with Crippen LogP contribution in [0.3, 0.4) is 0 Å². The predicted molar refractivity (Wildman–Crippen MR) is 144 cm³/mol. The van der Waals surface area contributed by atoms with Crippen molar-refractivity contribution < 1.29 is 26.7 Å². The Kier molecular flexibility index (Phi) is 9.80. The largest absolute Gasteiger partial charge is 0.491 e. The zero-order valence-electron chi connectivity index (χ0n) is 20.5. The third-order valence-corrected chi connectivity index (χ3v) is 8.50. The van der Waals surface area contributed by atoms with Gasteiger partial charge in [-0.05, 0) is 55.1 Å². The molecule has 0 heterocycles. The molecule has 198 valence electrons. The van der Waals surface area contributed by atoms with Crippen LogP contribution in [0.15, 0.2) is 71.6 Å². The van der Waals surface area contributed by atoms with Crippen molar-refractivity contribution in [1.29, 1.82) is 0 Å². The maximum atomic E-state index is 15.0. The molecule has 11 heteroatoms. The monoisotopic (exact) mass is 568 g/mol. The average molecular weight is 569 g/mol. The number of rotatable bonds is 10. The Labute approximate surface area is 225 Å². The first-order valence-corrected chi connectivity index (χ1v) is 14.2. The van der Waals surface area contributed by atoms with E-state index < -0.39 is 33.4 Å². The van der Waals surface area contributed by atoms with E-state index in [4.69, 9.17) is 16.3 Å². The molecule has 1 unspecified atom stereocenters. The number of halogens is 3. The molecule has 0 spiro atoms. The molecule has 0 fully saturated rings. The smallest absolute Gasteiger partial charge is 0.281 e. The molecule has 6 nitrogen and oxygen atoms in total. The van der Waals surface area contributed by atoms with Crippen LogP contribution >= 0.6 is 23.4 Å². The second-order valence-electron chi connectivity index (χ2n) is 8.03. The fourth-order valence-electron chi connectivity index (χ4n) is 3.62. The van der Waals surface area contributed by atoms with Crippen molar-refractivity contribution in [3.05, 3.63) is 89.0 Å². The van der Waals surface area contributed by atoms with Gasteiger partial charge in [0, 0.05) is 23.7 Å². The van der Waals surface area contributed by atoms with Crippen LogP contribution in [0.25, 0.3) is 0 Å². The first-order valence-electron chi connectivity index (χ1n) is 11.4. The number of para-hydroxylation sites is 1. The number of sulfonamides is 1. The first-order chi connectivity index (χ1) is 17.6. The number of ether oxygens (including phenoxy) is 1. The summed E-state index contributed by atoms with van der Waals surface area (Å²) in [6, 6.07) is 13.8. The lowest BCUT2D eigenvalue weighted by atomic mass is 10.1. The molecule has 1 amide bonds. The molecule has 0 saturated heterocycles. The van der Waals surface area contributed by atoms with E-state index in [1.54, 1.807) is 38.2 Å². The van der Waals surface area contributed by atoms with Gasteiger partial charge in [-0.3, -0.25) is 9.10 Å². The zero-order chi connectivity index (χ0) is 27.2. The Morgan fingerprint density at radius 2 is 1.76 bits per heavy atom. The third kappa shape index (κ3) is 6.94. The highest BCUT2D eigenvalue weighted by atomic mass is 35.5. The van der Waals surface area contributed by atoms with Gasteiger partial charge in [-0.15, -0.1) is 0 Å². The minimum Gasteiger partial charge on any atom is -0.491 e. The number of anilines is 1. The summed E-state index contributed by atoms with van der Waals surface area (Å²) in [5.74, 6) is -0.689. The van der Waals surface area contributed by atoms with Crippen LogP contribution in [0, 0.1) is 11.6 Å². The van der Waals surface area contributed by atoms with Gasteiger partial charge in [0.1, 0.15) is 24.0 Å². The van der Waals surface area contributed by atoms with Crippen LogP contribution in [0.2, 0.25) is 5.02 Å². The van der Waals surface area contributed by atoms with E-state index in [-0.39, 0.29) is 16.7 Å². The summed E-state index contributed by atoms with van der Waals surface area (Å²) in [6.45, 7) is 3.90. The summed E-state index contributed by atoms with van der Waals surface area (Å²) in [6.07, 6.45) is 0. The minimum atomic E-state index is -4.37. The third-order valence-electron chi connectivity index (χ3n) is 5.50. The van der Waals surface area contributed by atoms with Gasteiger partial charge in [-0.2, -0.15) is 0 Å². The number of likely N-dealkylation sites (N-methyl/N-ethyl adjacent to an activating group) is 1. The van der Waals surface area contributed by atoms with Gasteiger partial charge < -0.3 is 9.64 Å². The Bertz CT molecular complexity index is 1340. The number of amides is 1. The van der Waals surface area contributed by atoms with E-state index in [1.165, 1.54) is 40.9 Å². The second kappa shape index (κ2) is 12.6. The number of hydrogen-bond acceptors (Lipinski definition) is 5. The summed E-state index contributed by atoms with van der Waals surface area (Å²) in [5, 5.41) is 0.240. The number of carbonyl (C=O) groups is 1. The van der Waals surface area contributed by atoms with Crippen molar-refractivity contribution in [1.82, 2.24) is 4.90 Å². The number of benzene rings is 3. The van der Waals surface area contributed by atoms with Crippen molar-refractivity contribution in [2.45, 2.75) is 24.8 Å². The van der Waals surface area contributed by atoms with E-state index in [1.807, 2.05) is 6.92 Å². The van der Waals surface area contributed by atoms with Gasteiger partial charge in [-0.25, -0.2) is 17.2 Å². The fourth-order valence-corrected chi connectivity index (χ4v) is 5.94. The fraction of sp³-hybridized carbons (Fsp3) is 0.269. The lowest BCUT2D eigenvalue weighted by Gasteiger charge is -2.32. The quantitative estimate of drug-likeness (QED) is 0.270. The number of nitrogens with zero attached hydrogens (tertiary/aromatic N) is 2. The van der Waals surface area contributed by atoms with Crippen molar-refractivity contribution >= 4 is 44.3 Å². The average Bonchev–Trinajstić information content (AvgIpc) is 2.86. The Morgan fingerprint density at radius 1 is 1.08 bits per heavy atom. The van der Waals surface area contributed by atoms with Crippen molar-refractivity contribution in [3.8, 4) is 5.75 Å². The van der Waals surface area contributed by atoms with E-state index >= 15 is 0 Å². The van der Waals surface area contributed by atoms with Crippen LogP contribution in [-0.2, 0) is 10.0 Å². The van der Waals surface area contributed by atoms with Crippen LogP contribution < -0.4 is 9.04 Å². The highest BCUT2D eigenvalue weighted by Crippen LogP contribution is 2.38. The lowest BCUT2D eigenvalue weighted by molar-refractivity contribution is 0.217. The summed E-state index contributed by atoms with van der Waals surface area (Å²) in [4.78, 5) is 13.4. The number of carbonyl (C=O) groups excluding carboxylic acids is 1. The standard InChI is InChI=1S/C26H27ClF2N2O4S2/c1-4-36-26(32)30(3)15-16-35-25-8-6-5-7-22(25)18(2)31(24-17-20(28)11-14-23(24)29)37(33,34)21-12-9-19(27)10-13-21/h5-14,17-18H,4,15-16H2,1-3H3. The molecule has 0 aromatic heterocycles. The minimum absolute atomic E-state index is 0.0884. The van der Waals surface area contributed by atoms with Gasteiger partial charge in [0.15, 0.2) is 0 Å². The molecule has 0 aliphatic heterocycles. The van der Waals surface area contributed by atoms with Crippen molar-refractivity contribution in [2.75, 3.05) is 30.3 Å². The molecule has 3 aromatic carbocycles. The van der Waals surface area contributed by atoms with Gasteiger partial charge >= 0.3 is 0 Å². The maximum absolute atomic E-state index is 15.0. The topological polar surface area (TPSA) is 66.9 Å². The Balaban J connectivity index is 2.00.